The van der Waals surface area contributed by atoms with Crippen LogP contribution in [0.3, 0.4) is 0 Å². The highest BCUT2D eigenvalue weighted by Crippen LogP contribution is 2.28. The minimum atomic E-state index is -0.989. The molecule has 0 radical (unpaired) electrons. The van der Waals surface area contributed by atoms with Crippen molar-refractivity contribution >= 4 is 34.9 Å². The average Bonchev–Trinajstić information content (AvgIpc) is 2.44. The van der Waals surface area contributed by atoms with Gasteiger partial charge in [0.15, 0.2) is 4.33 Å². The number of rotatable bonds is 9. The molecule has 0 saturated carbocycles. The van der Waals surface area contributed by atoms with Gasteiger partial charge in [0.05, 0.1) is 0 Å². The minimum Gasteiger partial charge on any atom is -0.461 e. The Hall–Kier alpha value is -0.930. The molecule has 0 atom stereocenters. The van der Waals surface area contributed by atoms with Gasteiger partial charge in [-0.2, -0.15) is 0 Å². The van der Waals surface area contributed by atoms with Crippen molar-refractivity contribution in [2.45, 2.75) is 36.9 Å². The van der Waals surface area contributed by atoms with Crippen molar-refractivity contribution < 1.29 is 9.53 Å². The van der Waals surface area contributed by atoms with Gasteiger partial charge in [-0.3, -0.25) is 4.79 Å². The summed E-state index contributed by atoms with van der Waals surface area (Å²) in [5.41, 5.74) is 0.871. The Morgan fingerprint density at radius 1 is 1.25 bits per heavy atom. The van der Waals surface area contributed by atoms with E-state index in [0.29, 0.717) is 6.42 Å². The lowest BCUT2D eigenvalue weighted by molar-refractivity contribution is -0.141. The SMILES string of the molecule is CCCCCC(Cl)(Cl)COC(=O)CNc1ccccc1. The zero-order valence-electron chi connectivity index (χ0n) is 11.7. The Bertz CT molecular complexity index is 396. The van der Waals surface area contributed by atoms with Crippen LogP contribution in [0.15, 0.2) is 30.3 Å². The lowest BCUT2D eigenvalue weighted by atomic mass is 10.1. The number of esters is 1. The Morgan fingerprint density at radius 3 is 2.60 bits per heavy atom. The van der Waals surface area contributed by atoms with Crippen molar-refractivity contribution in [2.24, 2.45) is 0 Å². The summed E-state index contributed by atoms with van der Waals surface area (Å²) in [6, 6.07) is 9.46. The fourth-order valence-electron chi connectivity index (χ4n) is 1.67. The maximum Gasteiger partial charge on any atom is 0.325 e. The molecule has 0 unspecified atom stereocenters. The van der Waals surface area contributed by atoms with E-state index in [-0.39, 0.29) is 19.1 Å². The lowest BCUT2D eigenvalue weighted by Gasteiger charge is -2.19. The van der Waals surface area contributed by atoms with Crippen molar-refractivity contribution in [2.75, 3.05) is 18.5 Å². The summed E-state index contributed by atoms with van der Waals surface area (Å²) in [5, 5.41) is 2.97. The predicted octanol–water partition coefficient (Wildman–Crippen LogP) is 4.40. The molecule has 0 aliphatic rings. The van der Waals surface area contributed by atoms with Crippen LogP contribution in [0.5, 0.6) is 0 Å². The van der Waals surface area contributed by atoms with Gasteiger partial charge in [-0.1, -0.05) is 67.6 Å². The van der Waals surface area contributed by atoms with Gasteiger partial charge in [0.25, 0.3) is 0 Å². The molecule has 0 heterocycles. The van der Waals surface area contributed by atoms with Crippen LogP contribution < -0.4 is 5.32 Å². The third-order valence-corrected chi connectivity index (χ3v) is 3.40. The van der Waals surface area contributed by atoms with Crippen LogP contribution in [0.2, 0.25) is 0 Å². The normalized spacial score (nSPS) is 11.2. The molecule has 3 nitrogen and oxygen atoms in total. The largest absolute Gasteiger partial charge is 0.461 e. The first-order chi connectivity index (χ1) is 9.53. The first-order valence-electron chi connectivity index (χ1n) is 6.86. The highest BCUT2D eigenvalue weighted by atomic mass is 35.5. The number of ether oxygens (including phenoxy) is 1. The van der Waals surface area contributed by atoms with Crippen LogP contribution in [0, 0.1) is 0 Å². The average molecular weight is 318 g/mol. The fraction of sp³-hybridized carbons (Fsp3) is 0.533. The van der Waals surface area contributed by atoms with Crippen molar-refractivity contribution in [1.29, 1.82) is 0 Å². The summed E-state index contributed by atoms with van der Waals surface area (Å²) in [4.78, 5) is 11.6. The summed E-state index contributed by atoms with van der Waals surface area (Å²) >= 11 is 12.2. The summed E-state index contributed by atoms with van der Waals surface area (Å²) in [7, 11) is 0. The Labute approximate surface area is 130 Å². The number of nitrogens with one attached hydrogen (secondary N) is 1. The van der Waals surface area contributed by atoms with Gasteiger partial charge in [0.1, 0.15) is 13.2 Å². The molecule has 1 aromatic rings. The Balaban J connectivity index is 2.22. The minimum absolute atomic E-state index is 0.0229. The predicted molar refractivity (Wildman–Crippen MR) is 84.5 cm³/mol. The second-order valence-corrected chi connectivity index (χ2v) is 6.33. The van der Waals surface area contributed by atoms with Crippen molar-refractivity contribution in [3.05, 3.63) is 30.3 Å². The molecule has 0 saturated heterocycles. The standard InChI is InChI=1S/C15H21Cl2NO2/c1-2-3-7-10-15(16,17)12-20-14(19)11-18-13-8-5-4-6-9-13/h4-6,8-9,18H,2-3,7,10-12H2,1H3. The third-order valence-electron chi connectivity index (χ3n) is 2.80. The van der Waals surface area contributed by atoms with E-state index < -0.39 is 4.33 Å². The van der Waals surface area contributed by atoms with E-state index in [4.69, 9.17) is 27.9 Å². The monoisotopic (exact) mass is 317 g/mol. The Morgan fingerprint density at radius 2 is 1.95 bits per heavy atom. The van der Waals surface area contributed by atoms with E-state index in [1.54, 1.807) is 0 Å². The molecule has 0 spiro atoms. The molecule has 1 aromatic carbocycles. The van der Waals surface area contributed by atoms with E-state index in [9.17, 15) is 4.79 Å². The first kappa shape index (κ1) is 17.1. The molecule has 0 amide bonds. The number of hydrogen-bond donors (Lipinski definition) is 1. The molecule has 0 bridgehead atoms. The number of halogens is 2. The van der Waals surface area contributed by atoms with Crippen molar-refractivity contribution in [3.63, 3.8) is 0 Å². The number of unbranched alkanes of at least 4 members (excludes halogenated alkanes) is 2. The summed E-state index contributed by atoms with van der Waals surface area (Å²) in [6.07, 6.45) is 3.74. The molecule has 20 heavy (non-hydrogen) atoms. The molecule has 5 heteroatoms. The van der Waals surface area contributed by atoms with Crippen LogP contribution in [0.1, 0.15) is 32.6 Å². The number of para-hydroxylation sites is 1. The smallest absolute Gasteiger partial charge is 0.325 e. The van der Waals surface area contributed by atoms with Crippen LogP contribution in [0.4, 0.5) is 5.69 Å². The number of anilines is 1. The van der Waals surface area contributed by atoms with Crippen LogP contribution in [-0.2, 0) is 9.53 Å². The zero-order valence-corrected chi connectivity index (χ0v) is 13.2. The second-order valence-electron chi connectivity index (χ2n) is 4.69. The molecule has 1 rings (SSSR count). The molecule has 0 aliphatic carbocycles. The first-order valence-corrected chi connectivity index (χ1v) is 7.61. The second kappa shape index (κ2) is 9.09. The molecule has 0 aliphatic heterocycles. The number of carbonyl (C=O) groups excluding carboxylic acids is 1. The van der Waals surface area contributed by atoms with E-state index in [1.807, 2.05) is 30.3 Å². The maximum atomic E-state index is 11.6. The molecular formula is C15H21Cl2NO2. The van der Waals surface area contributed by atoms with Gasteiger partial charge in [0.2, 0.25) is 0 Å². The lowest BCUT2D eigenvalue weighted by Crippen LogP contribution is -2.26. The van der Waals surface area contributed by atoms with Crippen molar-refractivity contribution in [1.82, 2.24) is 0 Å². The topological polar surface area (TPSA) is 38.3 Å². The molecule has 0 aromatic heterocycles. The zero-order chi connectivity index (χ0) is 14.8. The van der Waals surface area contributed by atoms with Gasteiger partial charge >= 0.3 is 5.97 Å². The van der Waals surface area contributed by atoms with E-state index in [1.165, 1.54) is 0 Å². The number of benzene rings is 1. The highest BCUT2D eigenvalue weighted by molar-refractivity contribution is 6.48. The van der Waals surface area contributed by atoms with E-state index in [0.717, 1.165) is 24.9 Å². The summed E-state index contributed by atoms with van der Waals surface area (Å²) < 4.78 is 4.11. The summed E-state index contributed by atoms with van der Waals surface area (Å²) in [6.45, 7) is 2.23. The van der Waals surface area contributed by atoms with Gasteiger partial charge in [0, 0.05) is 5.69 Å². The maximum absolute atomic E-state index is 11.6. The van der Waals surface area contributed by atoms with Gasteiger partial charge < -0.3 is 10.1 Å². The van der Waals surface area contributed by atoms with Crippen LogP contribution in [-0.4, -0.2) is 23.5 Å². The summed E-state index contributed by atoms with van der Waals surface area (Å²) in [5.74, 6) is -0.366. The fourth-order valence-corrected chi connectivity index (χ4v) is 2.05. The molecule has 1 N–H and O–H groups in total. The van der Waals surface area contributed by atoms with Crippen molar-refractivity contribution in [3.8, 4) is 0 Å². The Kier molecular flexibility index (Phi) is 7.78. The third kappa shape index (κ3) is 7.61. The van der Waals surface area contributed by atoms with E-state index in [2.05, 4.69) is 12.2 Å². The van der Waals surface area contributed by atoms with Gasteiger partial charge in [-0.05, 0) is 18.6 Å². The number of alkyl halides is 2. The van der Waals surface area contributed by atoms with Gasteiger partial charge in [-0.25, -0.2) is 0 Å². The molecule has 112 valence electrons. The van der Waals surface area contributed by atoms with Crippen LogP contribution in [0.25, 0.3) is 0 Å². The van der Waals surface area contributed by atoms with E-state index >= 15 is 0 Å². The number of hydrogen-bond acceptors (Lipinski definition) is 3. The molecule has 0 fully saturated rings. The number of carbonyl (C=O) groups is 1. The van der Waals surface area contributed by atoms with Gasteiger partial charge in [-0.15, -0.1) is 0 Å². The quantitative estimate of drug-likeness (QED) is 0.417. The van der Waals surface area contributed by atoms with Crippen LogP contribution >= 0.6 is 23.2 Å². The molecular weight excluding hydrogens is 297 g/mol. The highest BCUT2D eigenvalue weighted by Gasteiger charge is 2.25.